The maximum Gasteiger partial charge on any atom is 0.338 e. The first kappa shape index (κ1) is 29.4. The Labute approximate surface area is 240 Å². The number of nitrogens with zero attached hydrogens (tertiary/aromatic N) is 4. The van der Waals surface area contributed by atoms with E-state index in [1.54, 1.807) is 43.3 Å². The third-order valence-electron chi connectivity index (χ3n) is 7.04. The highest BCUT2D eigenvalue weighted by Crippen LogP contribution is 2.29. The summed E-state index contributed by atoms with van der Waals surface area (Å²) in [6.45, 7) is 9.63. The van der Waals surface area contributed by atoms with E-state index in [0.29, 0.717) is 41.0 Å². The van der Waals surface area contributed by atoms with E-state index in [1.165, 1.54) is 4.90 Å². The van der Waals surface area contributed by atoms with Crippen molar-refractivity contribution < 1.29 is 23.9 Å². The number of nitrogens with one attached hydrogen (secondary N) is 1. The molecule has 2 amide bonds. The van der Waals surface area contributed by atoms with Crippen molar-refractivity contribution in [1.82, 2.24) is 14.7 Å². The largest absolute Gasteiger partial charge is 0.494 e. The van der Waals surface area contributed by atoms with Crippen molar-refractivity contribution in [2.75, 3.05) is 69.7 Å². The van der Waals surface area contributed by atoms with E-state index in [4.69, 9.17) is 21.7 Å². The van der Waals surface area contributed by atoms with Gasteiger partial charge in [0.15, 0.2) is 5.11 Å². The lowest BCUT2D eigenvalue weighted by Crippen LogP contribution is -2.48. The van der Waals surface area contributed by atoms with Crippen molar-refractivity contribution in [2.45, 2.75) is 26.3 Å². The Hall–Kier alpha value is -3.54. The predicted octanol–water partition coefficient (Wildman–Crippen LogP) is 2.84. The number of anilines is 2. The molecule has 214 valence electrons. The molecule has 2 heterocycles. The average Bonchev–Trinajstić information content (AvgIpc) is 3.17. The number of hydrogen-bond acceptors (Lipinski definition) is 8. The maximum atomic E-state index is 13.7. The molecule has 2 aliphatic rings. The SMILES string of the molecule is CCOC(=O)c1ccc(NC(=O)CC2C(=O)N(c3ccc(OCC)cc3)C(=S)N2CCN2CCN(C)CC2)cc1. The van der Waals surface area contributed by atoms with Gasteiger partial charge in [0.2, 0.25) is 5.91 Å². The predicted molar refractivity (Wildman–Crippen MR) is 158 cm³/mol. The van der Waals surface area contributed by atoms with Crippen molar-refractivity contribution >= 4 is 46.5 Å². The number of carbonyl (C=O) groups is 3. The van der Waals surface area contributed by atoms with Gasteiger partial charge in [-0.1, -0.05) is 0 Å². The van der Waals surface area contributed by atoms with Gasteiger partial charge in [0.1, 0.15) is 11.8 Å². The number of thiocarbonyl (C=S) groups is 1. The first-order valence-electron chi connectivity index (χ1n) is 13.7. The molecule has 0 bridgehead atoms. The van der Waals surface area contributed by atoms with Gasteiger partial charge in [-0.25, -0.2) is 4.79 Å². The highest BCUT2D eigenvalue weighted by molar-refractivity contribution is 7.80. The molecule has 2 aromatic rings. The Kier molecular flexibility index (Phi) is 10.1. The zero-order chi connectivity index (χ0) is 28.6. The molecule has 40 heavy (non-hydrogen) atoms. The molecule has 0 spiro atoms. The minimum absolute atomic E-state index is 0.0606. The summed E-state index contributed by atoms with van der Waals surface area (Å²) < 4.78 is 10.5. The van der Waals surface area contributed by atoms with E-state index in [2.05, 4.69) is 22.2 Å². The molecule has 2 saturated heterocycles. The first-order chi connectivity index (χ1) is 19.3. The molecule has 2 aliphatic heterocycles. The monoisotopic (exact) mass is 567 g/mol. The molecule has 1 N–H and O–H groups in total. The standard InChI is InChI=1S/C29H37N5O5S/c1-4-38-24-12-10-23(11-13-24)34-27(36)25(33(29(34)40)19-18-32-16-14-31(3)15-17-32)20-26(35)30-22-8-6-21(7-9-22)28(37)39-5-2/h6-13,25H,4-5,14-20H2,1-3H3,(H,30,35). The normalized spacial score (nSPS) is 18.2. The van der Waals surface area contributed by atoms with Gasteiger partial charge in [-0.2, -0.15) is 0 Å². The highest BCUT2D eigenvalue weighted by Gasteiger charge is 2.44. The fourth-order valence-electron chi connectivity index (χ4n) is 4.80. The van der Waals surface area contributed by atoms with Crippen LogP contribution in [0.5, 0.6) is 5.75 Å². The lowest BCUT2D eigenvalue weighted by Gasteiger charge is -2.34. The van der Waals surface area contributed by atoms with Crippen molar-refractivity contribution in [3.63, 3.8) is 0 Å². The molecule has 11 heteroatoms. The van der Waals surface area contributed by atoms with Gasteiger partial charge in [-0.05, 0) is 81.6 Å². The molecular weight excluding hydrogens is 530 g/mol. The zero-order valence-corrected chi connectivity index (χ0v) is 24.1. The second-order valence-corrected chi connectivity index (χ2v) is 10.2. The van der Waals surface area contributed by atoms with Crippen molar-refractivity contribution in [3.05, 3.63) is 54.1 Å². The minimum Gasteiger partial charge on any atom is -0.494 e. The van der Waals surface area contributed by atoms with Crippen molar-refractivity contribution in [1.29, 1.82) is 0 Å². The smallest absolute Gasteiger partial charge is 0.338 e. The molecule has 10 nitrogen and oxygen atoms in total. The Morgan fingerprint density at radius 1 is 0.950 bits per heavy atom. The Bertz CT molecular complexity index is 1200. The second kappa shape index (κ2) is 13.7. The number of ether oxygens (including phenoxy) is 2. The van der Waals surface area contributed by atoms with E-state index >= 15 is 0 Å². The number of carbonyl (C=O) groups excluding carboxylic acids is 3. The maximum absolute atomic E-state index is 13.7. The molecule has 0 radical (unpaired) electrons. The lowest BCUT2D eigenvalue weighted by atomic mass is 10.1. The van der Waals surface area contributed by atoms with Crippen LogP contribution in [0, 0.1) is 0 Å². The van der Waals surface area contributed by atoms with Crippen LogP contribution >= 0.6 is 12.2 Å². The summed E-state index contributed by atoms with van der Waals surface area (Å²) in [5, 5.41) is 3.23. The summed E-state index contributed by atoms with van der Waals surface area (Å²) in [5.41, 5.74) is 1.57. The Morgan fingerprint density at radius 2 is 1.62 bits per heavy atom. The topological polar surface area (TPSA) is 94.7 Å². The van der Waals surface area contributed by atoms with Crippen LogP contribution in [0.15, 0.2) is 48.5 Å². The molecular formula is C29H37N5O5S. The molecule has 1 atom stereocenters. The Morgan fingerprint density at radius 3 is 2.25 bits per heavy atom. The fraction of sp³-hybridized carbons (Fsp3) is 0.448. The van der Waals surface area contributed by atoms with E-state index in [-0.39, 0.29) is 24.8 Å². The van der Waals surface area contributed by atoms with Gasteiger partial charge < -0.3 is 24.6 Å². The number of piperazine rings is 1. The van der Waals surface area contributed by atoms with Crippen LogP contribution in [0.3, 0.4) is 0 Å². The molecule has 2 aromatic carbocycles. The lowest BCUT2D eigenvalue weighted by molar-refractivity contribution is -0.124. The summed E-state index contributed by atoms with van der Waals surface area (Å²) >= 11 is 5.81. The molecule has 4 rings (SSSR count). The van der Waals surface area contributed by atoms with Gasteiger partial charge in [-0.3, -0.25) is 19.4 Å². The van der Waals surface area contributed by atoms with Crippen molar-refractivity contribution in [2.24, 2.45) is 0 Å². The summed E-state index contributed by atoms with van der Waals surface area (Å²) in [4.78, 5) is 46.8. The van der Waals surface area contributed by atoms with Crippen LogP contribution in [0.25, 0.3) is 0 Å². The number of esters is 1. The van der Waals surface area contributed by atoms with Crippen LogP contribution in [-0.4, -0.2) is 103 Å². The van der Waals surface area contributed by atoms with Gasteiger partial charge >= 0.3 is 5.97 Å². The third kappa shape index (κ3) is 7.15. The van der Waals surface area contributed by atoms with Crippen LogP contribution in [0.2, 0.25) is 0 Å². The molecule has 0 saturated carbocycles. The quantitative estimate of drug-likeness (QED) is 0.325. The third-order valence-corrected chi connectivity index (χ3v) is 7.45. The van der Waals surface area contributed by atoms with E-state index in [9.17, 15) is 14.4 Å². The van der Waals surface area contributed by atoms with Crippen molar-refractivity contribution in [3.8, 4) is 5.75 Å². The Balaban J connectivity index is 1.47. The zero-order valence-electron chi connectivity index (χ0n) is 23.3. The first-order valence-corrected chi connectivity index (χ1v) is 14.1. The van der Waals surface area contributed by atoms with Crippen LogP contribution in [-0.2, 0) is 14.3 Å². The summed E-state index contributed by atoms with van der Waals surface area (Å²) in [6, 6.07) is 13.0. The fourth-order valence-corrected chi connectivity index (χ4v) is 5.21. The molecule has 2 fully saturated rings. The molecule has 1 unspecified atom stereocenters. The van der Waals surface area contributed by atoms with E-state index in [1.807, 2.05) is 24.0 Å². The van der Waals surface area contributed by atoms with Crippen LogP contribution < -0.4 is 15.0 Å². The van der Waals surface area contributed by atoms with E-state index in [0.717, 1.165) is 32.7 Å². The van der Waals surface area contributed by atoms with Gasteiger partial charge in [0, 0.05) is 45.0 Å². The highest BCUT2D eigenvalue weighted by atomic mass is 32.1. The summed E-state index contributed by atoms with van der Waals surface area (Å²) in [5.74, 6) is -0.264. The molecule has 0 aliphatic carbocycles. The van der Waals surface area contributed by atoms with Gasteiger partial charge in [0.25, 0.3) is 5.91 Å². The molecule has 0 aromatic heterocycles. The number of hydrogen-bond donors (Lipinski definition) is 1. The van der Waals surface area contributed by atoms with Crippen LogP contribution in [0.4, 0.5) is 11.4 Å². The summed E-state index contributed by atoms with van der Waals surface area (Å²) in [6.07, 6.45) is -0.0606. The van der Waals surface area contributed by atoms with Gasteiger partial charge in [0.05, 0.1) is 30.9 Å². The van der Waals surface area contributed by atoms with E-state index < -0.39 is 12.0 Å². The minimum atomic E-state index is -0.731. The number of benzene rings is 2. The second-order valence-electron chi connectivity index (χ2n) is 9.79. The average molecular weight is 568 g/mol. The number of likely N-dealkylation sites (N-methyl/N-ethyl adjacent to an activating group) is 1. The van der Waals surface area contributed by atoms with Gasteiger partial charge in [-0.15, -0.1) is 0 Å². The summed E-state index contributed by atoms with van der Waals surface area (Å²) in [7, 11) is 2.11. The van der Waals surface area contributed by atoms with Crippen LogP contribution in [0.1, 0.15) is 30.6 Å². The number of rotatable bonds is 11. The number of amides is 2.